The van der Waals surface area contributed by atoms with Crippen LogP contribution in [-0.4, -0.2) is 61.4 Å². The average molecular weight is 358 g/mol. The molecule has 0 aliphatic carbocycles. The average Bonchev–Trinajstić information content (AvgIpc) is 2.48. The van der Waals surface area contributed by atoms with Crippen molar-refractivity contribution in [1.82, 2.24) is 15.1 Å². The maximum Gasteiger partial charge on any atom is 0.257 e. The fourth-order valence-corrected chi connectivity index (χ4v) is 2.64. The van der Waals surface area contributed by atoms with Crippen LogP contribution in [-0.2, 0) is 4.79 Å². The van der Waals surface area contributed by atoms with Crippen LogP contribution in [0.25, 0.3) is 0 Å². The van der Waals surface area contributed by atoms with Crippen molar-refractivity contribution < 1.29 is 14.0 Å². The molecule has 1 aliphatic rings. The third-order valence-electron chi connectivity index (χ3n) is 3.39. The first-order valence-electron chi connectivity index (χ1n) is 6.59. The molecule has 0 aromatic heterocycles. The number of rotatable bonds is 2. The predicted molar refractivity (Wildman–Crippen MR) is 80.5 cm³/mol. The first-order chi connectivity index (χ1) is 9.91. The molecular weight excluding hydrogens is 341 g/mol. The standard InChI is InChI=1S/C14H17BrFN3O2/c1-18(2)14(21)12-8-17-5-6-19(12)13(20)10-7-9(15)3-4-11(10)16/h3-4,7,12,17H,5-6,8H2,1-2H3. The fourth-order valence-electron chi connectivity index (χ4n) is 2.28. The number of carbonyl (C=O) groups excluding carboxylic acids is 2. The summed E-state index contributed by atoms with van der Waals surface area (Å²) in [6.45, 7) is 1.33. The number of carbonyl (C=O) groups is 2. The van der Waals surface area contributed by atoms with Gasteiger partial charge in [-0.15, -0.1) is 0 Å². The first kappa shape index (κ1) is 15.9. The van der Waals surface area contributed by atoms with Crippen molar-refractivity contribution >= 4 is 27.7 Å². The first-order valence-corrected chi connectivity index (χ1v) is 7.39. The predicted octanol–water partition coefficient (Wildman–Crippen LogP) is 1.09. The number of likely N-dealkylation sites (N-methyl/N-ethyl adjacent to an activating group) is 1. The Kier molecular flexibility index (Phi) is 4.95. The molecule has 1 N–H and O–H groups in total. The molecule has 1 unspecified atom stereocenters. The summed E-state index contributed by atoms with van der Waals surface area (Å²) in [6, 6.07) is 3.60. The van der Waals surface area contributed by atoms with E-state index in [2.05, 4.69) is 21.2 Å². The van der Waals surface area contributed by atoms with Gasteiger partial charge >= 0.3 is 0 Å². The lowest BCUT2D eigenvalue weighted by Gasteiger charge is -2.36. The van der Waals surface area contributed by atoms with Gasteiger partial charge in [-0.25, -0.2) is 4.39 Å². The smallest absolute Gasteiger partial charge is 0.257 e. The zero-order chi connectivity index (χ0) is 15.6. The molecular formula is C14H17BrFN3O2. The van der Waals surface area contributed by atoms with Crippen LogP contribution in [0.15, 0.2) is 22.7 Å². The minimum atomic E-state index is -0.611. The van der Waals surface area contributed by atoms with Gasteiger partial charge in [0, 0.05) is 38.2 Å². The van der Waals surface area contributed by atoms with Gasteiger partial charge in [-0.3, -0.25) is 9.59 Å². The molecule has 1 aromatic carbocycles. The Bertz CT molecular complexity index is 565. The molecule has 1 saturated heterocycles. The Morgan fingerprint density at radius 1 is 1.43 bits per heavy atom. The third kappa shape index (κ3) is 3.41. The van der Waals surface area contributed by atoms with Crippen molar-refractivity contribution in [3.63, 3.8) is 0 Å². The molecule has 5 nitrogen and oxygen atoms in total. The molecule has 1 fully saturated rings. The van der Waals surface area contributed by atoms with Crippen LogP contribution in [0.1, 0.15) is 10.4 Å². The molecule has 0 radical (unpaired) electrons. The van der Waals surface area contributed by atoms with E-state index in [9.17, 15) is 14.0 Å². The molecule has 0 saturated carbocycles. The van der Waals surface area contributed by atoms with Gasteiger partial charge in [-0.05, 0) is 18.2 Å². The van der Waals surface area contributed by atoms with Crippen LogP contribution in [0, 0.1) is 5.82 Å². The third-order valence-corrected chi connectivity index (χ3v) is 3.88. The van der Waals surface area contributed by atoms with E-state index in [-0.39, 0.29) is 11.5 Å². The molecule has 7 heteroatoms. The number of piperazine rings is 1. The summed E-state index contributed by atoms with van der Waals surface area (Å²) >= 11 is 3.23. The molecule has 0 spiro atoms. The Balaban J connectivity index is 2.30. The highest BCUT2D eigenvalue weighted by Gasteiger charge is 2.34. The summed E-state index contributed by atoms with van der Waals surface area (Å²) in [7, 11) is 3.28. The normalized spacial score (nSPS) is 18.5. The van der Waals surface area contributed by atoms with E-state index in [1.807, 2.05) is 0 Å². The zero-order valence-electron chi connectivity index (χ0n) is 11.9. The lowest BCUT2D eigenvalue weighted by molar-refractivity contribution is -0.134. The maximum absolute atomic E-state index is 13.9. The van der Waals surface area contributed by atoms with Crippen molar-refractivity contribution in [3.8, 4) is 0 Å². The summed E-state index contributed by atoms with van der Waals surface area (Å²) in [5, 5.41) is 3.09. The molecule has 1 atom stereocenters. The number of benzene rings is 1. The maximum atomic E-state index is 13.9. The van der Waals surface area contributed by atoms with Crippen LogP contribution in [0.2, 0.25) is 0 Å². The summed E-state index contributed by atoms with van der Waals surface area (Å²) in [5.41, 5.74) is -0.0252. The van der Waals surface area contributed by atoms with Crippen LogP contribution in [0.3, 0.4) is 0 Å². The Morgan fingerprint density at radius 2 is 2.14 bits per heavy atom. The molecule has 1 heterocycles. The highest BCUT2D eigenvalue weighted by atomic mass is 79.9. The Hall–Kier alpha value is -1.47. The quantitative estimate of drug-likeness (QED) is 0.861. The largest absolute Gasteiger partial charge is 0.347 e. The molecule has 2 amide bonds. The topological polar surface area (TPSA) is 52.7 Å². The van der Waals surface area contributed by atoms with Crippen LogP contribution in [0.4, 0.5) is 4.39 Å². The number of nitrogens with one attached hydrogen (secondary N) is 1. The van der Waals surface area contributed by atoms with Gasteiger partial charge in [0.2, 0.25) is 5.91 Å². The van der Waals surface area contributed by atoms with E-state index < -0.39 is 17.8 Å². The van der Waals surface area contributed by atoms with E-state index in [1.54, 1.807) is 14.1 Å². The summed E-state index contributed by atoms with van der Waals surface area (Å²) in [5.74, 6) is -1.22. The van der Waals surface area contributed by atoms with Gasteiger partial charge in [0.15, 0.2) is 0 Å². The lowest BCUT2D eigenvalue weighted by atomic mass is 10.1. The number of nitrogens with zero attached hydrogens (tertiary/aromatic N) is 2. The van der Waals surface area contributed by atoms with Gasteiger partial charge in [0.1, 0.15) is 11.9 Å². The van der Waals surface area contributed by atoms with Crippen molar-refractivity contribution in [3.05, 3.63) is 34.1 Å². The van der Waals surface area contributed by atoms with E-state index >= 15 is 0 Å². The fraction of sp³-hybridized carbons (Fsp3) is 0.429. The summed E-state index contributed by atoms with van der Waals surface area (Å²) < 4.78 is 14.5. The second-order valence-corrected chi connectivity index (χ2v) is 5.99. The summed E-state index contributed by atoms with van der Waals surface area (Å²) in [4.78, 5) is 27.6. The Labute approximate surface area is 131 Å². The van der Waals surface area contributed by atoms with Gasteiger partial charge in [-0.1, -0.05) is 15.9 Å². The van der Waals surface area contributed by atoms with Crippen LogP contribution in [0.5, 0.6) is 0 Å². The second kappa shape index (κ2) is 6.53. The number of amides is 2. The van der Waals surface area contributed by atoms with Crippen molar-refractivity contribution in [2.45, 2.75) is 6.04 Å². The van der Waals surface area contributed by atoms with Crippen molar-refractivity contribution in [1.29, 1.82) is 0 Å². The van der Waals surface area contributed by atoms with E-state index in [0.29, 0.717) is 24.1 Å². The highest BCUT2D eigenvalue weighted by molar-refractivity contribution is 9.10. The van der Waals surface area contributed by atoms with Gasteiger partial charge < -0.3 is 15.1 Å². The minimum absolute atomic E-state index is 0.0252. The Morgan fingerprint density at radius 3 is 2.81 bits per heavy atom. The van der Waals surface area contributed by atoms with Gasteiger partial charge in [0.05, 0.1) is 5.56 Å². The van der Waals surface area contributed by atoms with Gasteiger partial charge in [0.25, 0.3) is 5.91 Å². The van der Waals surface area contributed by atoms with E-state index in [0.717, 1.165) is 0 Å². The second-order valence-electron chi connectivity index (χ2n) is 5.08. The molecule has 2 rings (SSSR count). The SMILES string of the molecule is CN(C)C(=O)C1CNCCN1C(=O)c1cc(Br)ccc1F. The molecule has 114 valence electrons. The minimum Gasteiger partial charge on any atom is -0.347 e. The molecule has 21 heavy (non-hydrogen) atoms. The summed E-state index contributed by atoms with van der Waals surface area (Å²) in [6.07, 6.45) is 0. The molecule has 1 aromatic rings. The van der Waals surface area contributed by atoms with E-state index in [1.165, 1.54) is 28.0 Å². The number of hydrogen-bond donors (Lipinski definition) is 1. The zero-order valence-corrected chi connectivity index (χ0v) is 13.5. The number of hydrogen-bond acceptors (Lipinski definition) is 3. The number of halogens is 2. The van der Waals surface area contributed by atoms with Crippen molar-refractivity contribution in [2.75, 3.05) is 33.7 Å². The molecule has 0 bridgehead atoms. The highest BCUT2D eigenvalue weighted by Crippen LogP contribution is 2.19. The lowest BCUT2D eigenvalue weighted by Crippen LogP contribution is -2.59. The van der Waals surface area contributed by atoms with E-state index in [4.69, 9.17) is 0 Å². The van der Waals surface area contributed by atoms with Crippen LogP contribution >= 0.6 is 15.9 Å². The van der Waals surface area contributed by atoms with Crippen molar-refractivity contribution in [2.24, 2.45) is 0 Å². The molecule has 1 aliphatic heterocycles. The monoisotopic (exact) mass is 357 g/mol. The van der Waals surface area contributed by atoms with Gasteiger partial charge in [-0.2, -0.15) is 0 Å². The van der Waals surface area contributed by atoms with Crippen LogP contribution < -0.4 is 5.32 Å².